The first-order valence-electron chi connectivity index (χ1n) is 7.23. The Hall–Kier alpha value is -1.36. The minimum Gasteiger partial charge on any atom is -0.351 e. The van der Waals surface area contributed by atoms with Gasteiger partial charge in [-0.2, -0.15) is 0 Å². The van der Waals surface area contributed by atoms with Crippen LogP contribution in [0.25, 0.3) is 0 Å². The second-order valence-corrected chi connectivity index (χ2v) is 5.60. The average Bonchev–Trinajstić information content (AvgIpc) is 3.09. The molecule has 0 radical (unpaired) electrons. The molecular formula is C14H21N3O2. The molecule has 1 N–H and O–H groups in total. The van der Waals surface area contributed by atoms with Gasteiger partial charge in [0, 0.05) is 24.7 Å². The number of likely N-dealkylation sites (tertiary alicyclic amines) is 1. The molecule has 0 aromatic carbocycles. The van der Waals surface area contributed by atoms with Crippen LogP contribution in [-0.4, -0.2) is 41.1 Å². The maximum atomic E-state index is 12.5. The summed E-state index contributed by atoms with van der Waals surface area (Å²) >= 11 is 0. The highest BCUT2D eigenvalue weighted by Crippen LogP contribution is 2.25. The summed E-state index contributed by atoms with van der Waals surface area (Å²) in [4.78, 5) is 14.5. The number of aryl methyl sites for hydroxylation is 1. The van der Waals surface area contributed by atoms with Gasteiger partial charge in [0.1, 0.15) is 0 Å². The zero-order valence-corrected chi connectivity index (χ0v) is 11.4. The molecule has 3 rings (SSSR count). The number of carbonyl (C=O) groups is 1. The molecule has 2 saturated heterocycles. The van der Waals surface area contributed by atoms with Gasteiger partial charge in [-0.25, -0.2) is 0 Å². The van der Waals surface area contributed by atoms with Gasteiger partial charge in [-0.1, -0.05) is 5.16 Å². The molecule has 1 aromatic heterocycles. The lowest BCUT2D eigenvalue weighted by molar-refractivity contribution is 0.0522. The third kappa shape index (κ3) is 2.52. The fourth-order valence-electron chi connectivity index (χ4n) is 3.27. The van der Waals surface area contributed by atoms with Crippen molar-refractivity contribution in [3.05, 3.63) is 17.5 Å². The molecule has 104 valence electrons. The van der Waals surface area contributed by atoms with Crippen molar-refractivity contribution in [2.75, 3.05) is 13.1 Å². The average molecular weight is 263 g/mol. The van der Waals surface area contributed by atoms with Gasteiger partial charge in [-0.15, -0.1) is 0 Å². The number of nitrogens with one attached hydrogen (secondary N) is 1. The first-order chi connectivity index (χ1) is 9.25. The Morgan fingerprint density at radius 2 is 2.32 bits per heavy atom. The van der Waals surface area contributed by atoms with Crippen LogP contribution in [0.4, 0.5) is 0 Å². The first kappa shape index (κ1) is 12.7. The Bertz CT molecular complexity index is 451. The van der Waals surface area contributed by atoms with Crippen LogP contribution < -0.4 is 5.32 Å². The highest BCUT2D eigenvalue weighted by Gasteiger charge is 2.35. The van der Waals surface area contributed by atoms with E-state index in [9.17, 15) is 4.79 Å². The summed E-state index contributed by atoms with van der Waals surface area (Å²) < 4.78 is 5.13. The van der Waals surface area contributed by atoms with E-state index in [1.165, 1.54) is 19.3 Å². The maximum absolute atomic E-state index is 12.5. The van der Waals surface area contributed by atoms with Gasteiger partial charge < -0.3 is 14.7 Å². The summed E-state index contributed by atoms with van der Waals surface area (Å²) in [6, 6.07) is 2.50. The Morgan fingerprint density at radius 3 is 3.00 bits per heavy atom. The van der Waals surface area contributed by atoms with Gasteiger partial charge in [0.25, 0.3) is 5.91 Å². The summed E-state index contributed by atoms with van der Waals surface area (Å²) in [6.45, 7) is 3.75. The summed E-state index contributed by atoms with van der Waals surface area (Å²) in [7, 11) is 0. The second-order valence-electron chi connectivity index (χ2n) is 5.60. The van der Waals surface area contributed by atoms with Crippen molar-refractivity contribution < 1.29 is 9.32 Å². The van der Waals surface area contributed by atoms with Crippen molar-refractivity contribution in [2.24, 2.45) is 0 Å². The first-order valence-corrected chi connectivity index (χ1v) is 7.23. The van der Waals surface area contributed by atoms with Gasteiger partial charge in [0.05, 0.1) is 5.69 Å². The van der Waals surface area contributed by atoms with Crippen molar-refractivity contribution in [3.8, 4) is 0 Å². The van der Waals surface area contributed by atoms with E-state index in [1.807, 2.05) is 11.8 Å². The lowest BCUT2D eigenvalue weighted by Crippen LogP contribution is -2.52. The largest absolute Gasteiger partial charge is 0.351 e. The molecular weight excluding hydrogens is 242 g/mol. The zero-order valence-electron chi connectivity index (χ0n) is 11.4. The molecule has 19 heavy (non-hydrogen) atoms. The van der Waals surface area contributed by atoms with E-state index < -0.39 is 0 Å². The quantitative estimate of drug-likeness (QED) is 0.883. The summed E-state index contributed by atoms with van der Waals surface area (Å²) in [5.74, 6) is 0.376. The molecule has 0 aliphatic carbocycles. The molecule has 5 heteroatoms. The van der Waals surface area contributed by atoms with E-state index in [2.05, 4.69) is 10.5 Å². The third-order valence-electron chi connectivity index (χ3n) is 4.21. The second kappa shape index (κ2) is 5.33. The summed E-state index contributed by atoms with van der Waals surface area (Å²) in [6.07, 6.45) is 5.77. The zero-order chi connectivity index (χ0) is 13.2. The maximum Gasteiger partial charge on any atom is 0.292 e. The number of aromatic nitrogens is 1. The highest BCUT2D eigenvalue weighted by molar-refractivity contribution is 5.91. The number of hydrogen-bond donors (Lipinski definition) is 1. The van der Waals surface area contributed by atoms with Gasteiger partial charge in [0.2, 0.25) is 5.76 Å². The van der Waals surface area contributed by atoms with Crippen LogP contribution in [0.3, 0.4) is 0 Å². The summed E-state index contributed by atoms with van der Waals surface area (Å²) in [5.41, 5.74) is 0.760. The third-order valence-corrected chi connectivity index (χ3v) is 4.21. The minimum absolute atomic E-state index is 0.000926. The highest BCUT2D eigenvalue weighted by atomic mass is 16.5. The van der Waals surface area contributed by atoms with E-state index in [-0.39, 0.29) is 5.91 Å². The number of piperidine rings is 1. The predicted octanol–water partition coefficient (Wildman–Crippen LogP) is 1.73. The molecule has 2 atom stereocenters. The lowest BCUT2D eigenvalue weighted by Gasteiger charge is -2.38. The SMILES string of the molecule is Cc1cc(C(=O)N2CCCCC2C2CCCN2)on1. The van der Waals surface area contributed by atoms with E-state index in [4.69, 9.17) is 4.52 Å². The molecule has 0 bridgehead atoms. The molecule has 1 amide bonds. The molecule has 3 heterocycles. The normalized spacial score (nSPS) is 27.7. The molecule has 2 fully saturated rings. The molecule has 2 aliphatic rings. The van der Waals surface area contributed by atoms with Crippen LogP contribution in [-0.2, 0) is 0 Å². The van der Waals surface area contributed by atoms with Crippen molar-refractivity contribution in [3.63, 3.8) is 0 Å². The van der Waals surface area contributed by atoms with Crippen molar-refractivity contribution in [1.29, 1.82) is 0 Å². The molecule has 0 saturated carbocycles. The predicted molar refractivity (Wildman–Crippen MR) is 70.9 cm³/mol. The molecule has 1 aromatic rings. The van der Waals surface area contributed by atoms with E-state index in [0.717, 1.165) is 31.6 Å². The Kier molecular flexibility index (Phi) is 3.55. The van der Waals surface area contributed by atoms with Gasteiger partial charge in [0.15, 0.2) is 0 Å². The van der Waals surface area contributed by atoms with Crippen LogP contribution >= 0.6 is 0 Å². The van der Waals surface area contributed by atoms with Crippen LogP contribution in [0.5, 0.6) is 0 Å². The van der Waals surface area contributed by atoms with E-state index >= 15 is 0 Å². The number of hydrogen-bond acceptors (Lipinski definition) is 4. The monoisotopic (exact) mass is 263 g/mol. The number of carbonyl (C=O) groups excluding carboxylic acids is 1. The van der Waals surface area contributed by atoms with Crippen molar-refractivity contribution >= 4 is 5.91 Å². The van der Waals surface area contributed by atoms with Gasteiger partial charge in [-0.05, 0) is 45.6 Å². The fraction of sp³-hybridized carbons (Fsp3) is 0.714. The van der Waals surface area contributed by atoms with E-state index in [1.54, 1.807) is 6.07 Å². The molecule has 5 nitrogen and oxygen atoms in total. The smallest absolute Gasteiger partial charge is 0.292 e. The van der Waals surface area contributed by atoms with Gasteiger partial charge in [-0.3, -0.25) is 4.79 Å². The van der Waals surface area contributed by atoms with Crippen LogP contribution in [0.15, 0.2) is 10.6 Å². The lowest BCUT2D eigenvalue weighted by atomic mass is 9.94. The Balaban J connectivity index is 1.77. The van der Waals surface area contributed by atoms with Crippen molar-refractivity contribution in [1.82, 2.24) is 15.4 Å². The summed E-state index contributed by atoms with van der Waals surface area (Å²) in [5, 5.41) is 7.34. The topological polar surface area (TPSA) is 58.4 Å². The molecule has 0 spiro atoms. The molecule has 2 unspecified atom stereocenters. The fourth-order valence-corrected chi connectivity index (χ4v) is 3.27. The number of nitrogens with zero attached hydrogens (tertiary/aromatic N) is 2. The van der Waals surface area contributed by atoms with Gasteiger partial charge >= 0.3 is 0 Å². The van der Waals surface area contributed by atoms with Crippen LogP contribution in [0, 0.1) is 6.92 Å². The van der Waals surface area contributed by atoms with E-state index in [0.29, 0.717) is 17.8 Å². The van der Waals surface area contributed by atoms with Crippen molar-refractivity contribution in [2.45, 2.75) is 51.1 Å². The molecule has 2 aliphatic heterocycles. The Labute approximate surface area is 113 Å². The minimum atomic E-state index is -0.000926. The Morgan fingerprint density at radius 1 is 1.42 bits per heavy atom. The standard InChI is InChI=1S/C14H21N3O2/c1-10-9-13(19-16-10)14(18)17-8-3-2-6-12(17)11-5-4-7-15-11/h9,11-12,15H,2-8H2,1H3. The van der Waals surface area contributed by atoms with Crippen LogP contribution in [0.2, 0.25) is 0 Å². The number of rotatable bonds is 2. The van der Waals surface area contributed by atoms with Crippen LogP contribution in [0.1, 0.15) is 48.4 Å². The number of amides is 1.